The van der Waals surface area contributed by atoms with Crippen molar-refractivity contribution >= 4 is 33.3 Å². The van der Waals surface area contributed by atoms with Crippen LogP contribution in [0.2, 0.25) is 0 Å². The van der Waals surface area contributed by atoms with E-state index in [1.165, 1.54) is 0 Å². The molecule has 5 heteroatoms. The van der Waals surface area contributed by atoms with Crippen LogP contribution in [0.15, 0.2) is 28.7 Å². The first-order chi connectivity index (χ1) is 9.15. The molecule has 4 nitrogen and oxygen atoms in total. The molecule has 19 heavy (non-hydrogen) atoms. The first-order valence-corrected chi connectivity index (χ1v) is 7.10. The second-order valence-electron chi connectivity index (χ2n) is 4.82. The molecule has 0 aliphatic heterocycles. The Morgan fingerprint density at radius 2 is 2.00 bits per heavy atom. The van der Waals surface area contributed by atoms with Gasteiger partial charge >= 0.3 is 0 Å². The zero-order chi connectivity index (χ0) is 13.4. The standard InChI is InChI=1S/C14H15BrN4/c1-8-12(16)18-14(9-6-7-9)19-13(8)17-11-5-3-2-4-10(11)15/h2-5,9H,6-7H2,1H3,(H3,16,17,18,19). The average molecular weight is 319 g/mol. The largest absolute Gasteiger partial charge is 0.383 e. The zero-order valence-electron chi connectivity index (χ0n) is 10.7. The molecular formula is C14H15BrN4. The molecule has 1 aromatic heterocycles. The van der Waals surface area contributed by atoms with Crippen LogP contribution in [-0.4, -0.2) is 9.97 Å². The fourth-order valence-corrected chi connectivity index (χ4v) is 2.27. The molecule has 0 spiro atoms. The number of nitrogens with two attached hydrogens (primary N) is 1. The quantitative estimate of drug-likeness (QED) is 0.904. The first kappa shape index (κ1) is 12.4. The first-order valence-electron chi connectivity index (χ1n) is 6.30. The Morgan fingerprint density at radius 3 is 2.68 bits per heavy atom. The minimum Gasteiger partial charge on any atom is -0.383 e. The second-order valence-corrected chi connectivity index (χ2v) is 5.67. The lowest BCUT2D eigenvalue weighted by atomic mass is 10.2. The summed E-state index contributed by atoms with van der Waals surface area (Å²) in [5.41, 5.74) is 7.84. The Labute approximate surface area is 120 Å². The summed E-state index contributed by atoms with van der Waals surface area (Å²) in [7, 11) is 0. The normalized spacial score (nSPS) is 14.4. The van der Waals surface area contributed by atoms with Crippen molar-refractivity contribution < 1.29 is 0 Å². The van der Waals surface area contributed by atoms with Crippen molar-refractivity contribution in [2.75, 3.05) is 11.1 Å². The molecular weight excluding hydrogens is 304 g/mol. The summed E-state index contributed by atoms with van der Waals surface area (Å²) < 4.78 is 1.000. The minimum absolute atomic E-state index is 0.489. The van der Waals surface area contributed by atoms with Crippen LogP contribution in [0.5, 0.6) is 0 Å². The van der Waals surface area contributed by atoms with E-state index in [2.05, 4.69) is 31.2 Å². The van der Waals surface area contributed by atoms with Crippen LogP contribution in [0.3, 0.4) is 0 Å². The highest BCUT2D eigenvalue weighted by atomic mass is 79.9. The molecule has 0 bridgehead atoms. The fraction of sp³-hybridized carbons (Fsp3) is 0.286. The van der Waals surface area contributed by atoms with Crippen LogP contribution in [0.25, 0.3) is 0 Å². The number of hydrogen-bond acceptors (Lipinski definition) is 4. The van der Waals surface area contributed by atoms with Gasteiger partial charge in [0.2, 0.25) is 0 Å². The molecule has 1 aliphatic rings. The van der Waals surface area contributed by atoms with Crippen LogP contribution in [-0.2, 0) is 0 Å². The SMILES string of the molecule is Cc1c(N)nc(C2CC2)nc1Nc1ccccc1Br. The van der Waals surface area contributed by atoms with Crippen molar-refractivity contribution in [2.24, 2.45) is 0 Å². The van der Waals surface area contributed by atoms with Gasteiger partial charge in [0.15, 0.2) is 0 Å². The molecule has 1 aromatic carbocycles. The third-order valence-corrected chi connectivity index (χ3v) is 3.96. The molecule has 3 N–H and O–H groups in total. The van der Waals surface area contributed by atoms with E-state index >= 15 is 0 Å². The van der Waals surface area contributed by atoms with Gasteiger partial charge < -0.3 is 11.1 Å². The van der Waals surface area contributed by atoms with E-state index in [1.54, 1.807) is 0 Å². The second kappa shape index (κ2) is 4.81. The Kier molecular flexibility index (Phi) is 3.14. The maximum Gasteiger partial charge on any atom is 0.139 e. The van der Waals surface area contributed by atoms with Crippen molar-refractivity contribution in [1.82, 2.24) is 9.97 Å². The van der Waals surface area contributed by atoms with Crippen molar-refractivity contribution in [2.45, 2.75) is 25.7 Å². The number of halogens is 1. The van der Waals surface area contributed by atoms with Crippen LogP contribution in [0, 0.1) is 6.92 Å². The predicted octanol–water partition coefficient (Wildman–Crippen LogP) is 3.75. The molecule has 98 valence electrons. The third-order valence-electron chi connectivity index (χ3n) is 3.27. The summed E-state index contributed by atoms with van der Waals surface area (Å²) in [6, 6.07) is 7.95. The Bertz CT molecular complexity index is 623. The van der Waals surface area contributed by atoms with E-state index in [0.717, 1.165) is 40.2 Å². The van der Waals surface area contributed by atoms with Gasteiger partial charge in [-0.15, -0.1) is 0 Å². The molecule has 2 aromatic rings. The van der Waals surface area contributed by atoms with E-state index in [1.807, 2.05) is 31.2 Å². The summed E-state index contributed by atoms with van der Waals surface area (Å²) in [6.07, 6.45) is 2.33. The Morgan fingerprint density at radius 1 is 1.26 bits per heavy atom. The summed E-state index contributed by atoms with van der Waals surface area (Å²) in [5.74, 6) is 2.70. The monoisotopic (exact) mass is 318 g/mol. The number of nitrogens with one attached hydrogen (secondary N) is 1. The number of rotatable bonds is 3. The minimum atomic E-state index is 0.489. The fourth-order valence-electron chi connectivity index (χ4n) is 1.89. The van der Waals surface area contributed by atoms with E-state index in [9.17, 15) is 0 Å². The highest BCUT2D eigenvalue weighted by molar-refractivity contribution is 9.10. The average Bonchev–Trinajstić information content (AvgIpc) is 3.21. The molecule has 0 radical (unpaired) electrons. The van der Waals surface area contributed by atoms with Crippen LogP contribution >= 0.6 is 15.9 Å². The van der Waals surface area contributed by atoms with Crippen molar-refractivity contribution in [3.05, 3.63) is 40.1 Å². The molecule has 0 saturated heterocycles. The maximum atomic E-state index is 5.98. The molecule has 1 heterocycles. The summed E-state index contributed by atoms with van der Waals surface area (Å²) in [5, 5.41) is 3.33. The number of hydrogen-bond donors (Lipinski definition) is 2. The number of anilines is 3. The zero-order valence-corrected chi connectivity index (χ0v) is 12.2. The summed E-state index contributed by atoms with van der Waals surface area (Å²) >= 11 is 3.52. The van der Waals surface area contributed by atoms with Crippen molar-refractivity contribution in [3.63, 3.8) is 0 Å². The van der Waals surface area contributed by atoms with E-state index in [0.29, 0.717) is 11.7 Å². The third kappa shape index (κ3) is 2.56. The van der Waals surface area contributed by atoms with Crippen LogP contribution in [0.4, 0.5) is 17.3 Å². The van der Waals surface area contributed by atoms with Gasteiger partial charge in [-0.3, -0.25) is 0 Å². The van der Waals surface area contributed by atoms with Gasteiger partial charge in [-0.2, -0.15) is 0 Å². The number of nitrogen functional groups attached to an aromatic ring is 1. The van der Waals surface area contributed by atoms with Crippen molar-refractivity contribution in [3.8, 4) is 0 Å². The smallest absolute Gasteiger partial charge is 0.139 e. The summed E-state index contributed by atoms with van der Waals surface area (Å²) in [6.45, 7) is 1.94. The number of aromatic nitrogens is 2. The number of para-hydroxylation sites is 1. The molecule has 1 saturated carbocycles. The predicted molar refractivity (Wildman–Crippen MR) is 80.6 cm³/mol. The van der Waals surface area contributed by atoms with Gasteiger partial charge in [0, 0.05) is 16.0 Å². The van der Waals surface area contributed by atoms with Crippen molar-refractivity contribution in [1.29, 1.82) is 0 Å². The molecule has 0 unspecified atom stereocenters. The lowest BCUT2D eigenvalue weighted by Gasteiger charge is -2.12. The van der Waals surface area contributed by atoms with Gasteiger partial charge in [-0.05, 0) is 47.8 Å². The lowest BCUT2D eigenvalue weighted by molar-refractivity contribution is 0.927. The van der Waals surface area contributed by atoms with Gasteiger partial charge in [0.05, 0.1) is 5.69 Å². The maximum absolute atomic E-state index is 5.98. The van der Waals surface area contributed by atoms with Crippen LogP contribution in [0.1, 0.15) is 30.1 Å². The molecule has 3 rings (SSSR count). The number of benzene rings is 1. The van der Waals surface area contributed by atoms with Gasteiger partial charge in [-0.1, -0.05) is 12.1 Å². The highest BCUT2D eigenvalue weighted by Crippen LogP contribution is 2.39. The number of nitrogens with zero attached hydrogens (tertiary/aromatic N) is 2. The highest BCUT2D eigenvalue weighted by Gasteiger charge is 2.27. The molecule has 0 amide bonds. The van der Waals surface area contributed by atoms with E-state index in [-0.39, 0.29) is 0 Å². The van der Waals surface area contributed by atoms with Gasteiger partial charge in [0.25, 0.3) is 0 Å². The summed E-state index contributed by atoms with van der Waals surface area (Å²) in [4.78, 5) is 8.98. The van der Waals surface area contributed by atoms with Gasteiger partial charge in [0.1, 0.15) is 17.5 Å². The van der Waals surface area contributed by atoms with E-state index < -0.39 is 0 Å². The molecule has 0 atom stereocenters. The lowest BCUT2D eigenvalue weighted by Crippen LogP contribution is -2.06. The van der Waals surface area contributed by atoms with Crippen LogP contribution < -0.4 is 11.1 Å². The Balaban J connectivity index is 1.98. The van der Waals surface area contributed by atoms with Gasteiger partial charge in [-0.25, -0.2) is 9.97 Å². The molecule has 1 fully saturated rings. The Hall–Kier alpha value is -1.62. The van der Waals surface area contributed by atoms with E-state index in [4.69, 9.17) is 5.73 Å². The topological polar surface area (TPSA) is 63.8 Å². The molecule has 1 aliphatic carbocycles.